The normalized spacial score (nSPS) is 16.9. The van der Waals surface area contributed by atoms with Crippen molar-refractivity contribution < 1.29 is 22.8 Å². The Hall–Kier alpha value is -2.13. The third kappa shape index (κ3) is 6.02. The molecule has 0 saturated carbocycles. The van der Waals surface area contributed by atoms with E-state index in [1.165, 1.54) is 4.90 Å². The molecule has 138 valence electrons. The number of halogens is 3. The first kappa shape index (κ1) is 19.2. The number of hydrogen-bond acceptors (Lipinski definition) is 4. The molecule has 3 N–H and O–H groups in total. The SMILES string of the molecule is O=C(CNC(=O)c1ccccc1)NCC(N1CCNCC1)C(F)(F)F. The third-order valence-corrected chi connectivity index (χ3v) is 3.91. The monoisotopic (exact) mass is 358 g/mol. The fourth-order valence-corrected chi connectivity index (χ4v) is 2.57. The quantitative estimate of drug-likeness (QED) is 0.687. The van der Waals surface area contributed by atoms with Crippen LogP contribution in [0.4, 0.5) is 13.2 Å². The van der Waals surface area contributed by atoms with Gasteiger partial charge in [0.15, 0.2) is 0 Å². The number of carbonyl (C=O) groups is 2. The van der Waals surface area contributed by atoms with Crippen LogP contribution in [-0.2, 0) is 4.79 Å². The van der Waals surface area contributed by atoms with E-state index >= 15 is 0 Å². The van der Waals surface area contributed by atoms with Gasteiger partial charge >= 0.3 is 6.18 Å². The smallest absolute Gasteiger partial charge is 0.353 e. The highest BCUT2D eigenvalue weighted by atomic mass is 19.4. The molecule has 1 fully saturated rings. The second-order valence-corrected chi connectivity index (χ2v) is 5.70. The lowest BCUT2D eigenvalue weighted by Gasteiger charge is -2.35. The predicted octanol–water partition coefficient (Wildman–Crippen LogP) is 0.369. The lowest BCUT2D eigenvalue weighted by atomic mass is 10.2. The molecule has 2 rings (SSSR count). The van der Waals surface area contributed by atoms with Gasteiger partial charge in [0, 0.05) is 38.3 Å². The summed E-state index contributed by atoms with van der Waals surface area (Å²) < 4.78 is 39.6. The van der Waals surface area contributed by atoms with Crippen molar-refractivity contribution in [1.82, 2.24) is 20.9 Å². The zero-order valence-corrected chi connectivity index (χ0v) is 13.6. The van der Waals surface area contributed by atoms with Crippen molar-refractivity contribution in [2.75, 3.05) is 39.3 Å². The average molecular weight is 358 g/mol. The number of carbonyl (C=O) groups excluding carboxylic acids is 2. The van der Waals surface area contributed by atoms with E-state index in [1.807, 2.05) is 0 Å². The summed E-state index contributed by atoms with van der Waals surface area (Å²) in [6, 6.07) is 6.53. The Morgan fingerprint density at radius 1 is 1.12 bits per heavy atom. The van der Waals surface area contributed by atoms with Crippen molar-refractivity contribution in [2.24, 2.45) is 0 Å². The van der Waals surface area contributed by atoms with Crippen LogP contribution in [0.1, 0.15) is 10.4 Å². The van der Waals surface area contributed by atoms with Gasteiger partial charge in [-0.2, -0.15) is 13.2 Å². The zero-order valence-electron chi connectivity index (χ0n) is 13.6. The van der Waals surface area contributed by atoms with Crippen molar-refractivity contribution in [3.63, 3.8) is 0 Å². The maximum atomic E-state index is 13.2. The fraction of sp³-hybridized carbons (Fsp3) is 0.500. The molecule has 0 spiro atoms. The largest absolute Gasteiger partial charge is 0.405 e. The molecule has 2 amide bonds. The van der Waals surface area contributed by atoms with Crippen LogP contribution in [0.25, 0.3) is 0 Å². The predicted molar refractivity (Wildman–Crippen MR) is 86.1 cm³/mol. The number of hydrogen-bond donors (Lipinski definition) is 3. The van der Waals surface area contributed by atoms with Gasteiger partial charge in [0.1, 0.15) is 6.04 Å². The molecule has 1 aliphatic heterocycles. The Bertz CT molecular complexity index is 574. The van der Waals surface area contributed by atoms with Crippen LogP contribution in [0, 0.1) is 0 Å². The van der Waals surface area contributed by atoms with Gasteiger partial charge in [-0.05, 0) is 12.1 Å². The average Bonchev–Trinajstić information content (AvgIpc) is 2.60. The Balaban J connectivity index is 1.81. The number of alkyl halides is 3. The van der Waals surface area contributed by atoms with E-state index in [-0.39, 0.29) is 19.6 Å². The molecular formula is C16H21F3N4O2. The summed E-state index contributed by atoms with van der Waals surface area (Å²) in [6.45, 7) is 0.584. The van der Waals surface area contributed by atoms with E-state index in [1.54, 1.807) is 30.3 Å². The van der Waals surface area contributed by atoms with Crippen LogP contribution >= 0.6 is 0 Å². The van der Waals surface area contributed by atoms with E-state index in [0.717, 1.165) is 0 Å². The summed E-state index contributed by atoms with van der Waals surface area (Å²) in [5.74, 6) is -1.11. The second-order valence-electron chi connectivity index (χ2n) is 5.70. The van der Waals surface area contributed by atoms with Crippen LogP contribution in [-0.4, -0.2) is 68.2 Å². The molecule has 0 radical (unpaired) electrons. The van der Waals surface area contributed by atoms with Crippen molar-refractivity contribution in [3.8, 4) is 0 Å². The second kappa shape index (κ2) is 8.82. The first-order chi connectivity index (χ1) is 11.9. The molecule has 1 atom stereocenters. The Kier molecular flexibility index (Phi) is 6.77. The first-order valence-electron chi connectivity index (χ1n) is 7.99. The number of nitrogens with zero attached hydrogens (tertiary/aromatic N) is 1. The standard InChI is InChI=1S/C16H21F3N4O2/c17-16(18,19)13(23-8-6-20-7-9-23)10-21-14(24)11-22-15(25)12-4-2-1-3-5-12/h1-5,13,20H,6-11H2,(H,21,24)(H,22,25). The molecule has 1 aromatic carbocycles. The maximum absolute atomic E-state index is 13.2. The first-order valence-corrected chi connectivity index (χ1v) is 7.99. The molecule has 6 nitrogen and oxygen atoms in total. The van der Waals surface area contributed by atoms with E-state index < -0.39 is 30.6 Å². The Morgan fingerprint density at radius 2 is 1.76 bits per heavy atom. The number of rotatable bonds is 6. The zero-order chi connectivity index (χ0) is 18.3. The van der Waals surface area contributed by atoms with Crippen LogP contribution in [0.2, 0.25) is 0 Å². The van der Waals surface area contributed by atoms with Gasteiger partial charge in [0.2, 0.25) is 5.91 Å². The van der Waals surface area contributed by atoms with Crippen LogP contribution in [0.3, 0.4) is 0 Å². The highest BCUT2D eigenvalue weighted by Crippen LogP contribution is 2.24. The van der Waals surface area contributed by atoms with E-state index in [4.69, 9.17) is 0 Å². The Morgan fingerprint density at radius 3 is 2.36 bits per heavy atom. The van der Waals surface area contributed by atoms with E-state index in [9.17, 15) is 22.8 Å². The minimum absolute atomic E-state index is 0.269. The van der Waals surface area contributed by atoms with E-state index in [0.29, 0.717) is 18.7 Å². The van der Waals surface area contributed by atoms with Crippen LogP contribution < -0.4 is 16.0 Å². The fourth-order valence-electron chi connectivity index (χ4n) is 2.57. The van der Waals surface area contributed by atoms with Crippen molar-refractivity contribution in [1.29, 1.82) is 0 Å². The molecule has 0 aromatic heterocycles. The van der Waals surface area contributed by atoms with Gasteiger partial charge in [-0.15, -0.1) is 0 Å². The minimum atomic E-state index is -4.43. The molecule has 0 aliphatic carbocycles. The molecule has 0 bridgehead atoms. The molecule has 1 saturated heterocycles. The number of benzene rings is 1. The maximum Gasteiger partial charge on any atom is 0.405 e. The summed E-state index contributed by atoms with van der Waals surface area (Å²) in [7, 11) is 0. The van der Waals surface area contributed by atoms with Gasteiger partial charge in [0.25, 0.3) is 5.91 Å². The molecular weight excluding hydrogens is 337 g/mol. The Labute approximate surface area is 143 Å². The van der Waals surface area contributed by atoms with Gasteiger partial charge in [-0.25, -0.2) is 0 Å². The topological polar surface area (TPSA) is 73.5 Å². The van der Waals surface area contributed by atoms with Gasteiger partial charge < -0.3 is 16.0 Å². The van der Waals surface area contributed by atoms with Gasteiger partial charge in [-0.1, -0.05) is 18.2 Å². The number of nitrogens with one attached hydrogen (secondary N) is 3. The molecule has 1 aliphatic rings. The highest BCUT2D eigenvalue weighted by molar-refractivity contribution is 5.96. The lowest BCUT2D eigenvalue weighted by Crippen LogP contribution is -2.58. The lowest BCUT2D eigenvalue weighted by molar-refractivity contribution is -0.184. The third-order valence-electron chi connectivity index (χ3n) is 3.91. The number of amides is 2. The van der Waals surface area contributed by atoms with Gasteiger partial charge in [0.05, 0.1) is 6.54 Å². The number of piperazine rings is 1. The van der Waals surface area contributed by atoms with Crippen LogP contribution in [0.5, 0.6) is 0 Å². The summed E-state index contributed by atoms with van der Waals surface area (Å²) in [4.78, 5) is 24.9. The van der Waals surface area contributed by atoms with Gasteiger partial charge in [-0.3, -0.25) is 14.5 Å². The van der Waals surface area contributed by atoms with Crippen LogP contribution in [0.15, 0.2) is 30.3 Å². The van der Waals surface area contributed by atoms with Crippen molar-refractivity contribution >= 4 is 11.8 Å². The molecule has 1 heterocycles. The van der Waals surface area contributed by atoms with Crippen molar-refractivity contribution in [2.45, 2.75) is 12.2 Å². The van der Waals surface area contributed by atoms with Crippen molar-refractivity contribution in [3.05, 3.63) is 35.9 Å². The molecule has 1 unspecified atom stereocenters. The summed E-state index contributed by atoms with van der Waals surface area (Å²) in [6.07, 6.45) is -4.43. The molecule has 25 heavy (non-hydrogen) atoms. The molecule has 1 aromatic rings. The summed E-state index contributed by atoms with van der Waals surface area (Å²) in [5.41, 5.74) is 0.379. The highest BCUT2D eigenvalue weighted by Gasteiger charge is 2.43. The van der Waals surface area contributed by atoms with E-state index in [2.05, 4.69) is 16.0 Å². The summed E-state index contributed by atoms with van der Waals surface area (Å²) >= 11 is 0. The minimum Gasteiger partial charge on any atom is -0.353 e. The molecule has 9 heteroatoms. The summed E-state index contributed by atoms with van der Waals surface area (Å²) in [5, 5.41) is 7.63.